The number of aromatic amines is 1. The summed E-state index contributed by atoms with van der Waals surface area (Å²) < 4.78 is 5.75. The molecule has 0 aliphatic carbocycles. The third-order valence-corrected chi connectivity index (χ3v) is 3.08. The van der Waals surface area contributed by atoms with Crippen molar-refractivity contribution in [1.82, 2.24) is 10.3 Å². The summed E-state index contributed by atoms with van der Waals surface area (Å²) in [6.45, 7) is 4.75. The quantitative estimate of drug-likeness (QED) is 0.766. The molecule has 2 heterocycles. The first-order valence-electron chi connectivity index (χ1n) is 5.74. The summed E-state index contributed by atoms with van der Waals surface area (Å²) in [4.78, 5) is 3.33. The van der Waals surface area contributed by atoms with Gasteiger partial charge in [0.25, 0.3) is 0 Å². The lowest BCUT2D eigenvalue weighted by Crippen LogP contribution is -2.33. The van der Waals surface area contributed by atoms with Gasteiger partial charge in [0.15, 0.2) is 0 Å². The minimum Gasteiger partial charge on any atom is -0.371 e. The highest BCUT2D eigenvalue weighted by Crippen LogP contribution is 2.23. The van der Waals surface area contributed by atoms with Crippen LogP contribution < -0.4 is 5.32 Å². The lowest BCUT2D eigenvalue weighted by atomic mass is 10.1. The number of nitrogens with one attached hydrogen (secondary N) is 2. The van der Waals surface area contributed by atoms with Gasteiger partial charge in [0.05, 0.1) is 12.7 Å². The minimum atomic E-state index is 0.202. The highest BCUT2D eigenvalue weighted by Gasteiger charge is 2.15. The van der Waals surface area contributed by atoms with Gasteiger partial charge < -0.3 is 15.0 Å². The molecule has 1 aliphatic rings. The van der Waals surface area contributed by atoms with Crippen molar-refractivity contribution in [3.05, 3.63) is 35.5 Å². The molecule has 2 N–H and O–H groups in total. The molecular formula is C13H16N2O. The number of morpholine rings is 1. The molecule has 0 saturated carbocycles. The number of benzene rings is 1. The molecule has 0 amide bonds. The van der Waals surface area contributed by atoms with E-state index in [1.165, 1.54) is 22.2 Å². The van der Waals surface area contributed by atoms with Crippen molar-refractivity contribution in [3.63, 3.8) is 0 Å². The Morgan fingerprint density at radius 1 is 1.31 bits per heavy atom. The Balaban J connectivity index is 1.97. The van der Waals surface area contributed by atoms with E-state index >= 15 is 0 Å². The van der Waals surface area contributed by atoms with Crippen LogP contribution in [0, 0.1) is 6.92 Å². The van der Waals surface area contributed by atoms with E-state index in [0.29, 0.717) is 0 Å². The van der Waals surface area contributed by atoms with Crippen molar-refractivity contribution < 1.29 is 4.74 Å². The number of fused-ring (bicyclic) bond motifs is 1. The fourth-order valence-corrected chi connectivity index (χ4v) is 2.28. The van der Waals surface area contributed by atoms with Crippen molar-refractivity contribution in [2.24, 2.45) is 0 Å². The molecule has 0 spiro atoms. The second-order valence-corrected chi connectivity index (χ2v) is 4.36. The van der Waals surface area contributed by atoms with Gasteiger partial charge >= 0.3 is 0 Å². The third kappa shape index (κ3) is 1.72. The maximum atomic E-state index is 5.75. The van der Waals surface area contributed by atoms with Gasteiger partial charge in [-0.3, -0.25) is 0 Å². The Morgan fingerprint density at radius 2 is 2.25 bits per heavy atom. The zero-order chi connectivity index (χ0) is 11.0. The minimum absolute atomic E-state index is 0.202. The molecule has 3 rings (SSSR count). The maximum absolute atomic E-state index is 5.75. The average Bonchev–Trinajstić information content (AvgIpc) is 2.69. The van der Waals surface area contributed by atoms with Gasteiger partial charge in [-0.15, -0.1) is 0 Å². The molecule has 16 heavy (non-hydrogen) atoms. The number of rotatable bonds is 1. The van der Waals surface area contributed by atoms with Crippen LogP contribution in [0.3, 0.4) is 0 Å². The number of ether oxygens (including phenoxy) is 1. The number of hydrogen-bond donors (Lipinski definition) is 2. The van der Waals surface area contributed by atoms with Crippen molar-refractivity contribution in [2.45, 2.75) is 13.0 Å². The van der Waals surface area contributed by atoms with E-state index in [4.69, 9.17) is 4.74 Å². The molecule has 1 aromatic heterocycles. The van der Waals surface area contributed by atoms with Crippen LogP contribution in [0.2, 0.25) is 0 Å². The van der Waals surface area contributed by atoms with Crippen molar-refractivity contribution >= 4 is 10.9 Å². The zero-order valence-electron chi connectivity index (χ0n) is 9.42. The molecule has 1 aliphatic heterocycles. The Bertz CT molecular complexity index is 498. The Labute approximate surface area is 94.8 Å². The Hall–Kier alpha value is -1.32. The first-order chi connectivity index (χ1) is 7.83. The van der Waals surface area contributed by atoms with E-state index in [-0.39, 0.29) is 6.10 Å². The number of H-pyrrole nitrogens is 1. The van der Waals surface area contributed by atoms with Gasteiger partial charge in [0.2, 0.25) is 0 Å². The molecule has 3 heteroatoms. The highest BCUT2D eigenvalue weighted by atomic mass is 16.5. The lowest BCUT2D eigenvalue weighted by molar-refractivity contribution is 0.0278. The summed E-state index contributed by atoms with van der Waals surface area (Å²) in [5, 5.41) is 4.62. The van der Waals surface area contributed by atoms with Gasteiger partial charge in [-0.05, 0) is 36.1 Å². The third-order valence-electron chi connectivity index (χ3n) is 3.08. The molecule has 2 aromatic rings. The van der Waals surface area contributed by atoms with E-state index in [1.54, 1.807) is 0 Å². The van der Waals surface area contributed by atoms with E-state index in [2.05, 4.69) is 41.5 Å². The van der Waals surface area contributed by atoms with E-state index in [9.17, 15) is 0 Å². The highest BCUT2D eigenvalue weighted by molar-refractivity contribution is 5.81. The predicted octanol–water partition coefficient (Wildman–Crippen LogP) is 2.14. The zero-order valence-corrected chi connectivity index (χ0v) is 9.42. The SMILES string of the molecule is Cc1cc2cc(C3CNCCO3)ccc2[nH]1. The molecular weight excluding hydrogens is 200 g/mol. The maximum Gasteiger partial charge on any atom is 0.0950 e. The van der Waals surface area contributed by atoms with E-state index < -0.39 is 0 Å². The van der Waals surface area contributed by atoms with Gasteiger partial charge in [-0.1, -0.05) is 6.07 Å². The predicted molar refractivity (Wildman–Crippen MR) is 64.6 cm³/mol. The molecule has 84 valence electrons. The molecule has 1 unspecified atom stereocenters. The summed E-state index contributed by atoms with van der Waals surface area (Å²) in [6.07, 6.45) is 0.202. The molecule has 1 atom stereocenters. The summed E-state index contributed by atoms with van der Waals surface area (Å²) in [5.74, 6) is 0. The van der Waals surface area contributed by atoms with Crippen LogP contribution in [-0.2, 0) is 4.74 Å². The summed E-state index contributed by atoms with van der Waals surface area (Å²) >= 11 is 0. The average molecular weight is 216 g/mol. The van der Waals surface area contributed by atoms with Crippen LogP contribution in [0.25, 0.3) is 10.9 Å². The van der Waals surface area contributed by atoms with Gasteiger partial charge in [-0.25, -0.2) is 0 Å². The lowest BCUT2D eigenvalue weighted by Gasteiger charge is -2.23. The van der Waals surface area contributed by atoms with Crippen LogP contribution in [0.1, 0.15) is 17.4 Å². The van der Waals surface area contributed by atoms with Crippen LogP contribution in [-0.4, -0.2) is 24.7 Å². The van der Waals surface area contributed by atoms with Gasteiger partial charge in [-0.2, -0.15) is 0 Å². The van der Waals surface area contributed by atoms with Crippen molar-refractivity contribution in [2.75, 3.05) is 19.7 Å². The second-order valence-electron chi connectivity index (χ2n) is 4.36. The number of aryl methyl sites for hydroxylation is 1. The Morgan fingerprint density at radius 3 is 3.06 bits per heavy atom. The van der Waals surface area contributed by atoms with E-state index in [0.717, 1.165) is 19.7 Å². The Kier molecular flexibility index (Phi) is 2.42. The standard InChI is InChI=1S/C13H16N2O/c1-9-6-11-7-10(2-3-12(11)15-9)13-8-14-4-5-16-13/h2-3,6-7,13-15H,4-5,8H2,1H3. The van der Waals surface area contributed by atoms with E-state index in [1.807, 2.05) is 0 Å². The fourth-order valence-electron chi connectivity index (χ4n) is 2.28. The largest absolute Gasteiger partial charge is 0.371 e. The van der Waals surface area contributed by atoms with Gasteiger partial charge in [0, 0.05) is 24.3 Å². The number of aromatic nitrogens is 1. The topological polar surface area (TPSA) is 37.0 Å². The normalized spacial score (nSPS) is 21.4. The summed E-state index contributed by atoms with van der Waals surface area (Å²) in [5.41, 5.74) is 3.67. The first-order valence-corrected chi connectivity index (χ1v) is 5.74. The van der Waals surface area contributed by atoms with Crippen LogP contribution in [0.5, 0.6) is 0 Å². The van der Waals surface area contributed by atoms with Crippen molar-refractivity contribution in [3.8, 4) is 0 Å². The van der Waals surface area contributed by atoms with Crippen LogP contribution in [0.4, 0.5) is 0 Å². The fraction of sp³-hybridized carbons (Fsp3) is 0.385. The molecule has 1 aromatic carbocycles. The smallest absolute Gasteiger partial charge is 0.0950 e. The first kappa shape index (κ1) is 9.87. The molecule has 0 bridgehead atoms. The molecule has 1 fully saturated rings. The van der Waals surface area contributed by atoms with Crippen LogP contribution >= 0.6 is 0 Å². The summed E-state index contributed by atoms with van der Waals surface area (Å²) in [7, 11) is 0. The second kappa shape index (κ2) is 3.92. The van der Waals surface area contributed by atoms with Gasteiger partial charge in [0.1, 0.15) is 0 Å². The molecule has 1 saturated heterocycles. The number of hydrogen-bond acceptors (Lipinski definition) is 2. The van der Waals surface area contributed by atoms with Crippen LogP contribution in [0.15, 0.2) is 24.3 Å². The monoisotopic (exact) mass is 216 g/mol. The van der Waals surface area contributed by atoms with Crippen molar-refractivity contribution in [1.29, 1.82) is 0 Å². The molecule has 3 nitrogen and oxygen atoms in total. The summed E-state index contributed by atoms with van der Waals surface area (Å²) in [6, 6.07) is 8.68. The molecule has 0 radical (unpaired) electrons.